The molecule has 1 atom stereocenters. The zero-order valence-corrected chi connectivity index (χ0v) is 18.0. The smallest absolute Gasteiger partial charge is 0.259 e. The third-order valence-electron chi connectivity index (χ3n) is 4.49. The predicted molar refractivity (Wildman–Crippen MR) is 111 cm³/mol. The first-order valence-corrected chi connectivity index (χ1v) is 11.1. The van der Waals surface area contributed by atoms with Crippen molar-refractivity contribution < 1.29 is 18.0 Å². The fourth-order valence-corrected chi connectivity index (χ4v) is 5.00. The molecule has 0 aliphatic carbocycles. The Bertz CT molecular complexity index is 1050. The number of rotatable bonds is 6. The van der Waals surface area contributed by atoms with Gasteiger partial charge in [0.05, 0.1) is 14.9 Å². The van der Waals surface area contributed by atoms with E-state index in [2.05, 4.69) is 10.3 Å². The van der Waals surface area contributed by atoms with Crippen LogP contribution in [0.2, 0.25) is 10.0 Å². The quantitative estimate of drug-likeness (QED) is 0.645. The molecule has 1 aliphatic heterocycles. The van der Waals surface area contributed by atoms with E-state index < -0.39 is 28.0 Å². The van der Waals surface area contributed by atoms with Crippen LogP contribution in [0.15, 0.2) is 47.6 Å². The Hall–Kier alpha value is -2.24. The number of nitrogens with two attached hydrogens (primary N) is 1. The molecule has 0 spiro atoms. The second-order valence-corrected chi connectivity index (χ2v) is 9.08. The van der Waals surface area contributed by atoms with Crippen LogP contribution in [0.5, 0.6) is 0 Å². The molecule has 1 saturated heterocycles. The van der Waals surface area contributed by atoms with E-state index in [4.69, 9.17) is 28.9 Å². The standard InChI is InChI=1S/C18H19Cl2N5O4S/c19-14-2-1-13(11-15(14)20)30(28,29)25-10-9-24(17(25)16(26)23-8-5-21)18(27)12-3-6-22-7-4-12/h1-4,6-7,11,17H,5,8-10,21H2,(H,23,26). The number of carbonyl (C=O) groups excluding carboxylic acids is 2. The van der Waals surface area contributed by atoms with Gasteiger partial charge >= 0.3 is 0 Å². The van der Waals surface area contributed by atoms with E-state index in [0.29, 0.717) is 0 Å². The Morgan fingerprint density at radius 3 is 2.47 bits per heavy atom. The average molecular weight is 472 g/mol. The number of pyridine rings is 1. The van der Waals surface area contributed by atoms with Crippen LogP contribution in [0.1, 0.15) is 10.4 Å². The van der Waals surface area contributed by atoms with Crippen LogP contribution in [0.4, 0.5) is 0 Å². The fraction of sp³-hybridized carbons (Fsp3) is 0.278. The molecule has 3 rings (SSSR count). The van der Waals surface area contributed by atoms with Crippen molar-refractivity contribution in [2.45, 2.75) is 11.1 Å². The molecule has 160 valence electrons. The lowest BCUT2D eigenvalue weighted by Crippen LogP contribution is -2.54. The van der Waals surface area contributed by atoms with Gasteiger partial charge in [-0.05, 0) is 30.3 Å². The third-order valence-corrected chi connectivity index (χ3v) is 7.08. The number of aromatic nitrogens is 1. The largest absolute Gasteiger partial charge is 0.352 e. The molecule has 9 nitrogen and oxygen atoms in total. The van der Waals surface area contributed by atoms with Gasteiger partial charge in [-0.3, -0.25) is 14.6 Å². The minimum Gasteiger partial charge on any atom is -0.352 e. The normalized spacial score (nSPS) is 17.2. The first-order valence-electron chi connectivity index (χ1n) is 8.93. The summed E-state index contributed by atoms with van der Waals surface area (Å²) in [5.41, 5.74) is 5.73. The monoisotopic (exact) mass is 471 g/mol. The zero-order valence-electron chi connectivity index (χ0n) is 15.7. The summed E-state index contributed by atoms with van der Waals surface area (Å²) >= 11 is 11.9. The predicted octanol–water partition coefficient (Wildman–Crippen LogP) is 0.936. The van der Waals surface area contributed by atoms with Gasteiger partial charge in [-0.2, -0.15) is 4.31 Å². The Morgan fingerprint density at radius 1 is 1.13 bits per heavy atom. The fourth-order valence-electron chi connectivity index (χ4n) is 3.06. The van der Waals surface area contributed by atoms with Gasteiger partial charge in [0, 0.05) is 44.1 Å². The van der Waals surface area contributed by atoms with Crippen LogP contribution in [0, 0.1) is 0 Å². The summed E-state index contributed by atoms with van der Waals surface area (Å²) in [6.07, 6.45) is 1.50. The molecule has 2 aromatic rings. The number of sulfonamides is 1. The van der Waals surface area contributed by atoms with E-state index in [1.54, 1.807) is 0 Å². The van der Waals surface area contributed by atoms with Gasteiger partial charge in [-0.25, -0.2) is 8.42 Å². The summed E-state index contributed by atoms with van der Waals surface area (Å²) in [7, 11) is -4.15. The molecule has 12 heteroatoms. The topological polar surface area (TPSA) is 126 Å². The Balaban J connectivity index is 1.99. The molecule has 1 fully saturated rings. The van der Waals surface area contributed by atoms with E-state index in [0.717, 1.165) is 4.31 Å². The van der Waals surface area contributed by atoms with Crippen LogP contribution in [-0.2, 0) is 14.8 Å². The van der Waals surface area contributed by atoms with Crippen LogP contribution in [-0.4, -0.2) is 66.8 Å². The van der Waals surface area contributed by atoms with Crippen molar-refractivity contribution in [3.8, 4) is 0 Å². The molecule has 0 radical (unpaired) electrons. The summed E-state index contributed by atoms with van der Waals surface area (Å²) in [4.78, 5) is 30.7. The second kappa shape index (κ2) is 9.27. The van der Waals surface area contributed by atoms with Crippen molar-refractivity contribution in [2.75, 3.05) is 26.2 Å². The lowest BCUT2D eigenvalue weighted by Gasteiger charge is -2.28. The van der Waals surface area contributed by atoms with Gasteiger partial charge in [0.15, 0.2) is 6.17 Å². The average Bonchev–Trinajstić information content (AvgIpc) is 3.20. The first kappa shape index (κ1) is 22.4. The van der Waals surface area contributed by atoms with Gasteiger partial charge in [0.25, 0.3) is 11.8 Å². The number of hydrogen-bond donors (Lipinski definition) is 2. The second-order valence-electron chi connectivity index (χ2n) is 6.38. The van der Waals surface area contributed by atoms with Gasteiger partial charge in [-0.15, -0.1) is 0 Å². The summed E-state index contributed by atoms with van der Waals surface area (Å²) < 4.78 is 27.5. The number of nitrogens with one attached hydrogen (secondary N) is 1. The highest BCUT2D eigenvalue weighted by atomic mass is 35.5. The first-order chi connectivity index (χ1) is 14.3. The SMILES string of the molecule is NCCNC(=O)C1N(C(=O)c2ccncc2)CCN1S(=O)(=O)c1ccc(Cl)c(Cl)c1. The van der Waals surface area contributed by atoms with Crippen LogP contribution >= 0.6 is 23.2 Å². The molecular weight excluding hydrogens is 453 g/mol. The van der Waals surface area contributed by atoms with E-state index in [9.17, 15) is 18.0 Å². The molecule has 1 unspecified atom stereocenters. The van der Waals surface area contributed by atoms with E-state index in [1.807, 2.05) is 0 Å². The van der Waals surface area contributed by atoms with Gasteiger partial charge in [-0.1, -0.05) is 23.2 Å². The number of hydrogen-bond acceptors (Lipinski definition) is 6. The van der Waals surface area contributed by atoms with Crippen molar-refractivity contribution >= 4 is 45.0 Å². The summed E-state index contributed by atoms with van der Waals surface area (Å²) in [5, 5.41) is 2.82. The summed E-state index contributed by atoms with van der Waals surface area (Å²) in [6, 6.07) is 6.85. The molecule has 30 heavy (non-hydrogen) atoms. The van der Waals surface area contributed by atoms with Crippen LogP contribution < -0.4 is 11.1 Å². The van der Waals surface area contributed by atoms with Crippen molar-refractivity contribution in [1.82, 2.24) is 19.5 Å². The molecule has 1 aromatic heterocycles. The summed E-state index contributed by atoms with van der Waals surface area (Å²) in [6.45, 7) is 0.256. The number of nitrogens with zero attached hydrogens (tertiary/aromatic N) is 3. The van der Waals surface area contributed by atoms with Crippen LogP contribution in [0.3, 0.4) is 0 Å². The Kier molecular flexibility index (Phi) is 6.94. The molecule has 2 heterocycles. The number of halogens is 2. The Labute approximate surface area is 183 Å². The molecule has 1 aliphatic rings. The van der Waals surface area contributed by atoms with Crippen molar-refractivity contribution in [2.24, 2.45) is 5.73 Å². The highest BCUT2D eigenvalue weighted by Gasteiger charge is 2.46. The third kappa shape index (κ3) is 4.42. The lowest BCUT2D eigenvalue weighted by molar-refractivity contribution is -0.127. The number of carbonyl (C=O) groups is 2. The van der Waals surface area contributed by atoms with E-state index >= 15 is 0 Å². The van der Waals surface area contributed by atoms with Crippen molar-refractivity contribution in [3.63, 3.8) is 0 Å². The molecule has 3 N–H and O–H groups in total. The number of amides is 2. The molecular formula is C18H19Cl2N5O4S. The Morgan fingerprint density at radius 2 is 1.83 bits per heavy atom. The molecule has 2 amide bonds. The molecule has 0 bridgehead atoms. The summed E-state index contributed by atoms with van der Waals surface area (Å²) in [5.74, 6) is -1.14. The minimum absolute atomic E-state index is 0.0302. The van der Waals surface area contributed by atoms with E-state index in [-0.39, 0.29) is 46.7 Å². The number of benzene rings is 1. The maximum Gasteiger partial charge on any atom is 0.259 e. The molecule has 0 saturated carbocycles. The minimum atomic E-state index is -4.15. The van der Waals surface area contributed by atoms with E-state index in [1.165, 1.54) is 47.6 Å². The van der Waals surface area contributed by atoms with Crippen molar-refractivity contribution in [3.05, 3.63) is 58.3 Å². The van der Waals surface area contributed by atoms with Crippen molar-refractivity contribution in [1.29, 1.82) is 0 Å². The maximum absolute atomic E-state index is 13.3. The van der Waals surface area contributed by atoms with Crippen LogP contribution in [0.25, 0.3) is 0 Å². The highest BCUT2D eigenvalue weighted by Crippen LogP contribution is 2.30. The highest BCUT2D eigenvalue weighted by molar-refractivity contribution is 7.89. The van der Waals surface area contributed by atoms with Gasteiger partial charge < -0.3 is 16.0 Å². The van der Waals surface area contributed by atoms with Gasteiger partial charge in [0.2, 0.25) is 10.0 Å². The lowest BCUT2D eigenvalue weighted by atomic mass is 10.2. The zero-order chi connectivity index (χ0) is 21.9. The molecule has 1 aromatic carbocycles. The maximum atomic E-state index is 13.3. The van der Waals surface area contributed by atoms with Gasteiger partial charge in [0.1, 0.15) is 0 Å².